The molecule has 0 bridgehead atoms. The number of nitrogens with zero attached hydrogens (tertiary/aromatic N) is 2. The van der Waals surface area contributed by atoms with E-state index in [0.717, 1.165) is 30.2 Å². The highest BCUT2D eigenvalue weighted by Crippen LogP contribution is 2.31. The minimum Gasteiger partial charge on any atom is -0.416 e. The molecule has 0 N–H and O–H groups in total. The van der Waals surface area contributed by atoms with Gasteiger partial charge in [-0.05, 0) is 30.2 Å². The summed E-state index contributed by atoms with van der Waals surface area (Å²) in [5, 5.41) is 21.7. The first kappa shape index (κ1) is 16.1. The zero-order chi connectivity index (χ0) is 17.0. The Morgan fingerprint density at radius 1 is 1.04 bits per heavy atom. The number of ether oxygens (including phenoxy) is 1. The minimum absolute atomic E-state index is 0.231. The van der Waals surface area contributed by atoms with Crippen molar-refractivity contribution in [3.63, 3.8) is 0 Å². The highest BCUT2D eigenvalue weighted by Gasteiger charge is 2.23. The third-order valence-electron chi connectivity index (χ3n) is 3.15. The number of hydrogen-bond donors (Lipinski definition) is 0. The molecule has 0 fully saturated rings. The highest BCUT2D eigenvalue weighted by molar-refractivity contribution is 5.91. The van der Waals surface area contributed by atoms with Gasteiger partial charge in [-0.25, -0.2) is 4.79 Å². The van der Waals surface area contributed by atoms with Crippen LogP contribution in [0.1, 0.15) is 22.8 Å². The average Bonchev–Trinajstić information content (AvgIpc) is 2.54. The predicted octanol–water partition coefficient (Wildman–Crippen LogP) is 3.28. The van der Waals surface area contributed by atoms with Crippen LogP contribution in [0.25, 0.3) is 0 Å². The number of nitro benzene ring substituents is 2. The lowest BCUT2D eigenvalue weighted by Crippen LogP contribution is -2.10. The molecule has 0 aromatic heterocycles. The molecule has 0 radical (unpaired) electrons. The number of non-ortho nitro benzene ring substituents is 1. The zero-order valence-electron chi connectivity index (χ0n) is 12.1. The number of esters is 1. The van der Waals surface area contributed by atoms with E-state index in [4.69, 9.17) is 4.74 Å². The van der Waals surface area contributed by atoms with Crippen LogP contribution in [0.5, 0.6) is 5.75 Å². The molecule has 2 aromatic carbocycles. The topological polar surface area (TPSA) is 113 Å². The maximum atomic E-state index is 12.0. The summed E-state index contributed by atoms with van der Waals surface area (Å²) in [6.07, 6.45) is 0.809. The van der Waals surface area contributed by atoms with Crippen LogP contribution >= 0.6 is 0 Å². The molecule has 0 heterocycles. The van der Waals surface area contributed by atoms with E-state index in [0.29, 0.717) is 0 Å². The van der Waals surface area contributed by atoms with Crippen LogP contribution in [0.2, 0.25) is 0 Å². The molecule has 0 amide bonds. The van der Waals surface area contributed by atoms with Gasteiger partial charge in [0, 0.05) is 6.07 Å². The fraction of sp³-hybridized carbons (Fsp3) is 0.133. The molecule has 0 saturated carbocycles. The fourth-order valence-electron chi connectivity index (χ4n) is 1.88. The maximum absolute atomic E-state index is 12.0. The van der Waals surface area contributed by atoms with Crippen molar-refractivity contribution >= 4 is 17.3 Å². The normalized spacial score (nSPS) is 10.1. The van der Waals surface area contributed by atoms with E-state index in [2.05, 4.69) is 0 Å². The molecule has 23 heavy (non-hydrogen) atoms. The lowest BCUT2D eigenvalue weighted by molar-refractivity contribution is -0.394. The quantitative estimate of drug-likeness (QED) is 0.362. The van der Waals surface area contributed by atoms with Crippen molar-refractivity contribution in [2.24, 2.45) is 0 Å². The molecule has 0 aliphatic carbocycles. The number of benzene rings is 2. The van der Waals surface area contributed by atoms with Crippen LogP contribution in [-0.2, 0) is 6.42 Å². The van der Waals surface area contributed by atoms with Crippen molar-refractivity contribution in [2.75, 3.05) is 0 Å². The van der Waals surface area contributed by atoms with E-state index in [9.17, 15) is 25.0 Å². The smallest absolute Gasteiger partial charge is 0.343 e. The number of rotatable bonds is 5. The van der Waals surface area contributed by atoms with Gasteiger partial charge in [0.25, 0.3) is 5.69 Å². The number of carbonyl (C=O) groups is 1. The zero-order valence-corrected chi connectivity index (χ0v) is 12.1. The lowest BCUT2D eigenvalue weighted by Gasteiger charge is -2.05. The standard InChI is InChI=1S/C15H12N2O6/c1-2-10-3-5-11(6-4-10)15(18)23-14-8-7-12(16(19)20)9-13(14)17(21)22/h3-9H,2H2,1H3. The molecule has 8 nitrogen and oxygen atoms in total. The van der Waals surface area contributed by atoms with Gasteiger partial charge in [-0.15, -0.1) is 0 Å². The first-order valence-electron chi connectivity index (χ1n) is 6.66. The van der Waals surface area contributed by atoms with Crippen LogP contribution in [0, 0.1) is 20.2 Å². The van der Waals surface area contributed by atoms with Gasteiger partial charge >= 0.3 is 11.7 Å². The summed E-state index contributed by atoms with van der Waals surface area (Å²) in [4.78, 5) is 32.1. The Morgan fingerprint density at radius 2 is 1.70 bits per heavy atom. The Hall–Kier alpha value is -3.29. The van der Waals surface area contributed by atoms with Crippen molar-refractivity contribution in [1.29, 1.82) is 0 Å². The van der Waals surface area contributed by atoms with Crippen molar-refractivity contribution in [2.45, 2.75) is 13.3 Å². The average molecular weight is 316 g/mol. The molecular formula is C15H12N2O6. The van der Waals surface area contributed by atoms with Gasteiger partial charge in [0.1, 0.15) is 0 Å². The van der Waals surface area contributed by atoms with Crippen LogP contribution in [0.15, 0.2) is 42.5 Å². The summed E-state index contributed by atoms with van der Waals surface area (Å²) >= 11 is 0. The van der Waals surface area contributed by atoms with Gasteiger partial charge in [0.05, 0.1) is 21.5 Å². The van der Waals surface area contributed by atoms with Crippen molar-refractivity contribution < 1.29 is 19.4 Å². The van der Waals surface area contributed by atoms with Gasteiger partial charge < -0.3 is 4.74 Å². The molecule has 0 spiro atoms. The summed E-state index contributed by atoms with van der Waals surface area (Å²) in [5.74, 6) is -1.12. The Morgan fingerprint density at radius 3 is 2.22 bits per heavy atom. The second-order valence-electron chi connectivity index (χ2n) is 4.61. The highest BCUT2D eigenvalue weighted by atomic mass is 16.6. The number of hydrogen-bond acceptors (Lipinski definition) is 6. The van der Waals surface area contributed by atoms with Gasteiger partial charge in [-0.2, -0.15) is 0 Å². The van der Waals surface area contributed by atoms with Gasteiger partial charge in [0.15, 0.2) is 0 Å². The molecule has 0 aliphatic rings. The van der Waals surface area contributed by atoms with E-state index in [1.807, 2.05) is 6.92 Å². The minimum atomic E-state index is -0.838. The van der Waals surface area contributed by atoms with Crippen LogP contribution in [0.4, 0.5) is 11.4 Å². The predicted molar refractivity (Wildman–Crippen MR) is 80.5 cm³/mol. The van der Waals surface area contributed by atoms with E-state index < -0.39 is 27.2 Å². The Labute approximate surface area is 130 Å². The lowest BCUT2D eigenvalue weighted by atomic mass is 10.1. The van der Waals surface area contributed by atoms with Gasteiger partial charge in [0.2, 0.25) is 5.75 Å². The third kappa shape index (κ3) is 3.67. The number of carbonyl (C=O) groups excluding carboxylic acids is 1. The summed E-state index contributed by atoms with van der Waals surface area (Å²) in [5.41, 5.74) is 0.166. The molecule has 2 aromatic rings. The second-order valence-corrected chi connectivity index (χ2v) is 4.61. The first-order chi connectivity index (χ1) is 10.9. The monoisotopic (exact) mass is 316 g/mol. The molecule has 0 atom stereocenters. The first-order valence-corrected chi connectivity index (χ1v) is 6.66. The fourth-order valence-corrected chi connectivity index (χ4v) is 1.88. The summed E-state index contributed by atoms with van der Waals surface area (Å²) in [7, 11) is 0. The number of aryl methyl sites for hydroxylation is 1. The summed E-state index contributed by atoms with van der Waals surface area (Å²) in [6, 6.07) is 9.44. The Balaban J connectivity index is 2.29. The summed E-state index contributed by atoms with van der Waals surface area (Å²) in [6.45, 7) is 1.97. The van der Waals surface area contributed by atoms with Crippen molar-refractivity contribution in [3.8, 4) is 5.75 Å². The van der Waals surface area contributed by atoms with Gasteiger partial charge in [-0.1, -0.05) is 19.1 Å². The van der Waals surface area contributed by atoms with Crippen molar-refractivity contribution in [1.82, 2.24) is 0 Å². The van der Waals surface area contributed by atoms with Gasteiger partial charge in [-0.3, -0.25) is 20.2 Å². The Bertz CT molecular complexity index is 770. The SMILES string of the molecule is CCc1ccc(C(=O)Oc2ccc([N+](=O)[O-])cc2[N+](=O)[O-])cc1. The number of nitro groups is 2. The van der Waals surface area contributed by atoms with E-state index >= 15 is 0 Å². The van der Waals surface area contributed by atoms with E-state index in [-0.39, 0.29) is 11.3 Å². The second kappa shape index (κ2) is 6.65. The van der Waals surface area contributed by atoms with Crippen LogP contribution in [-0.4, -0.2) is 15.8 Å². The van der Waals surface area contributed by atoms with Crippen molar-refractivity contribution in [3.05, 3.63) is 73.8 Å². The maximum Gasteiger partial charge on any atom is 0.343 e. The molecular weight excluding hydrogens is 304 g/mol. The van der Waals surface area contributed by atoms with E-state index in [1.165, 1.54) is 0 Å². The Kier molecular flexibility index (Phi) is 4.65. The van der Waals surface area contributed by atoms with E-state index in [1.54, 1.807) is 24.3 Å². The molecule has 2 rings (SSSR count). The largest absolute Gasteiger partial charge is 0.416 e. The molecule has 0 saturated heterocycles. The molecule has 118 valence electrons. The van der Waals surface area contributed by atoms with Crippen LogP contribution in [0.3, 0.4) is 0 Å². The molecule has 0 unspecified atom stereocenters. The molecule has 8 heteroatoms. The summed E-state index contributed by atoms with van der Waals surface area (Å²) < 4.78 is 5.00. The third-order valence-corrected chi connectivity index (χ3v) is 3.15. The van der Waals surface area contributed by atoms with Crippen LogP contribution < -0.4 is 4.74 Å². The molecule has 0 aliphatic heterocycles.